The van der Waals surface area contributed by atoms with Gasteiger partial charge in [0.15, 0.2) is 0 Å². The summed E-state index contributed by atoms with van der Waals surface area (Å²) in [7, 11) is 1.53. The zero-order chi connectivity index (χ0) is 21.3. The van der Waals surface area contributed by atoms with Crippen molar-refractivity contribution in [2.75, 3.05) is 20.3 Å². The van der Waals surface area contributed by atoms with E-state index < -0.39 is 23.5 Å². The van der Waals surface area contributed by atoms with Crippen molar-refractivity contribution >= 4 is 17.4 Å². The number of aliphatic hydroxyl groups excluding tert-OH is 1. The second-order valence-electron chi connectivity index (χ2n) is 7.37. The largest absolute Gasteiger partial charge is 0.507 e. The number of nitrogens with zero attached hydrogens (tertiary/aromatic N) is 1. The van der Waals surface area contributed by atoms with Crippen molar-refractivity contribution in [2.24, 2.45) is 0 Å². The Labute approximate surface area is 173 Å². The number of likely N-dealkylation sites (tertiary alicyclic amines) is 1. The average molecular weight is 411 g/mol. The molecule has 2 saturated heterocycles. The fourth-order valence-corrected chi connectivity index (χ4v) is 3.97. The van der Waals surface area contributed by atoms with Crippen LogP contribution in [0.5, 0.6) is 5.75 Å². The summed E-state index contributed by atoms with van der Waals surface area (Å²) < 4.78 is 24.3. The van der Waals surface area contributed by atoms with Gasteiger partial charge in [-0.05, 0) is 54.8 Å². The molecule has 2 heterocycles. The van der Waals surface area contributed by atoms with Crippen LogP contribution in [0.1, 0.15) is 30.0 Å². The summed E-state index contributed by atoms with van der Waals surface area (Å²) in [5.74, 6) is -1.57. The number of ether oxygens (including phenoxy) is 2. The lowest BCUT2D eigenvalue weighted by molar-refractivity contribution is -0.140. The van der Waals surface area contributed by atoms with Crippen LogP contribution in [0.3, 0.4) is 0 Å². The topological polar surface area (TPSA) is 76.1 Å². The first-order chi connectivity index (χ1) is 14.5. The van der Waals surface area contributed by atoms with E-state index in [9.17, 15) is 19.1 Å². The standard InChI is InChI=1S/C23H22FNO5/c1-29-17-10-6-15(7-11-17)21(26)19-20(14-4-8-16(24)9-5-14)25(23(28)22(19)27)13-18-3-2-12-30-18/h4-11,18,20,26H,2-3,12-13H2,1H3/b21-19-. The van der Waals surface area contributed by atoms with E-state index in [1.54, 1.807) is 24.3 Å². The lowest BCUT2D eigenvalue weighted by Crippen LogP contribution is -2.36. The lowest BCUT2D eigenvalue weighted by atomic mass is 9.95. The summed E-state index contributed by atoms with van der Waals surface area (Å²) >= 11 is 0. The van der Waals surface area contributed by atoms with E-state index in [4.69, 9.17) is 9.47 Å². The second kappa shape index (κ2) is 8.28. The van der Waals surface area contributed by atoms with Gasteiger partial charge in [0, 0.05) is 18.7 Å². The highest BCUT2D eigenvalue weighted by Crippen LogP contribution is 2.40. The van der Waals surface area contributed by atoms with Gasteiger partial charge in [-0.1, -0.05) is 12.1 Å². The molecule has 2 aliphatic rings. The molecule has 2 unspecified atom stereocenters. The van der Waals surface area contributed by atoms with Gasteiger partial charge >= 0.3 is 0 Å². The number of benzene rings is 2. The van der Waals surface area contributed by atoms with E-state index in [0.29, 0.717) is 23.5 Å². The van der Waals surface area contributed by atoms with Crippen LogP contribution >= 0.6 is 0 Å². The van der Waals surface area contributed by atoms with Crippen molar-refractivity contribution in [1.29, 1.82) is 0 Å². The molecule has 6 nitrogen and oxygen atoms in total. The van der Waals surface area contributed by atoms with Gasteiger partial charge in [0.25, 0.3) is 11.7 Å². The first-order valence-corrected chi connectivity index (χ1v) is 9.79. The summed E-state index contributed by atoms with van der Waals surface area (Å²) in [6.07, 6.45) is 1.51. The Balaban J connectivity index is 1.80. The molecule has 2 atom stereocenters. The highest BCUT2D eigenvalue weighted by atomic mass is 19.1. The van der Waals surface area contributed by atoms with Gasteiger partial charge in [-0.15, -0.1) is 0 Å². The van der Waals surface area contributed by atoms with Gasteiger partial charge in [0.05, 0.1) is 24.8 Å². The maximum absolute atomic E-state index is 13.5. The molecule has 1 amide bonds. The molecule has 0 aromatic heterocycles. The summed E-state index contributed by atoms with van der Waals surface area (Å²) in [5.41, 5.74) is 0.913. The van der Waals surface area contributed by atoms with Crippen molar-refractivity contribution < 1.29 is 28.6 Å². The lowest BCUT2D eigenvalue weighted by Gasteiger charge is -2.27. The zero-order valence-corrected chi connectivity index (χ0v) is 16.5. The highest BCUT2D eigenvalue weighted by Gasteiger charge is 2.47. The molecule has 2 aliphatic heterocycles. The Morgan fingerprint density at radius 2 is 1.87 bits per heavy atom. The molecule has 1 N–H and O–H groups in total. The monoisotopic (exact) mass is 411 g/mol. The number of hydrogen-bond acceptors (Lipinski definition) is 5. The third kappa shape index (κ3) is 3.68. The molecule has 30 heavy (non-hydrogen) atoms. The maximum atomic E-state index is 13.5. The molecule has 2 aromatic carbocycles. The Morgan fingerprint density at radius 3 is 2.47 bits per heavy atom. The maximum Gasteiger partial charge on any atom is 0.295 e. The van der Waals surface area contributed by atoms with E-state index in [1.165, 1.54) is 36.3 Å². The number of rotatable bonds is 5. The minimum absolute atomic E-state index is 0.0187. The summed E-state index contributed by atoms with van der Waals surface area (Å²) in [6.45, 7) is 0.841. The molecule has 156 valence electrons. The molecule has 4 rings (SSSR count). The van der Waals surface area contributed by atoms with Crippen LogP contribution in [0.2, 0.25) is 0 Å². The van der Waals surface area contributed by atoms with Crippen molar-refractivity contribution in [3.63, 3.8) is 0 Å². The predicted octanol–water partition coefficient (Wildman–Crippen LogP) is 3.44. The van der Waals surface area contributed by atoms with Gasteiger partial charge < -0.3 is 19.5 Å². The zero-order valence-electron chi connectivity index (χ0n) is 16.5. The molecule has 7 heteroatoms. The number of carbonyl (C=O) groups is 2. The molecule has 0 saturated carbocycles. The van der Waals surface area contributed by atoms with E-state index >= 15 is 0 Å². The number of carbonyl (C=O) groups excluding carboxylic acids is 2. The third-order valence-electron chi connectivity index (χ3n) is 5.51. The Kier molecular flexibility index (Phi) is 5.55. The number of methoxy groups -OCH3 is 1. The molecule has 2 aromatic rings. The molecule has 0 radical (unpaired) electrons. The molecular weight excluding hydrogens is 389 g/mol. The van der Waals surface area contributed by atoms with Crippen molar-refractivity contribution in [3.05, 3.63) is 71.0 Å². The number of Topliss-reactive ketones (excluding diaryl/α,β-unsaturated/α-hetero) is 1. The number of halogens is 1. The second-order valence-corrected chi connectivity index (χ2v) is 7.37. The van der Waals surface area contributed by atoms with Gasteiger partial charge in [-0.25, -0.2) is 4.39 Å². The van der Waals surface area contributed by atoms with Crippen molar-refractivity contribution in [1.82, 2.24) is 4.90 Å². The fraction of sp³-hybridized carbons (Fsp3) is 0.304. The van der Waals surface area contributed by atoms with Crippen LogP contribution in [-0.2, 0) is 14.3 Å². The minimum Gasteiger partial charge on any atom is -0.507 e. The van der Waals surface area contributed by atoms with Gasteiger partial charge in [0.1, 0.15) is 17.3 Å². The van der Waals surface area contributed by atoms with Crippen LogP contribution in [0.4, 0.5) is 4.39 Å². The number of ketones is 1. The SMILES string of the molecule is COc1ccc(/C(O)=C2/C(=O)C(=O)N(CC3CCCO3)C2c2ccc(F)cc2)cc1. The summed E-state index contributed by atoms with van der Waals surface area (Å²) in [5, 5.41) is 11.0. The highest BCUT2D eigenvalue weighted by molar-refractivity contribution is 6.46. The van der Waals surface area contributed by atoms with Crippen LogP contribution in [0.15, 0.2) is 54.1 Å². The number of amides is 1. The fourth-order valence-electron chi connectivity index (χ4n) is 3.97. The Bertz CT molecular complexity index is 978. The number of hydrogen-bond donors (Lipinski definition) is 1. The predicted molar refractivity (Wildman–Crippen MR) is 107 cm³/mol. The third-order valence-corrected chi connectivity index (χ3v) is 5.51. The van der Waals surface area contributed by atoms with Gasteiger partial charge in [0.2, 0.25) is 0 Å². The van der Waals surface area contributed by atoms with Crippen LogP contribution in [-0.4, -0.2) is 48.1 Å². The molecule has 0 spiro atoms. The van der Waals surface area contributed by atoms with E-state index in [-0.39, 0.29) is 24.0 Å². The summed E-state index contributed by atoms with van der Waals surface area (Å²) in [4.78, 5) is 27.2. The first-order valence-electron chi connectivity index (χ1n) is 9.79. The Hall–Kier alpha value is -3.19. The van der Waals surface area contributed by atoms with Crippen molar-refractivity contribution in [3.8, 4) is 5.75 Å². The molecular formula is C23H22FNO5. The van der Waals surface area contributed by atoms with Crippen LogP contribution in [0.25, 0.3) is 5.76 Å². The van der Waals surface area contributed by atoms with Gasteiger partial charge in [-0.2, -0.15) is 0 Å². The van der Waals surface area contributed by atoms with Crippen molar-refractivity contribution in [2.45, 2.75) is 25.0 Å². The number of aliphatic hydroxyl groups is 1. The first kappa shape index (κ1) is 20.1. The smallest absolute Gasteiger partial charge is 0.295 e. The minimum atomic E-state index is -0.822. The van der Waals surface area contributed by atoms with Crippen LogP contribution in [0, 0.1) is 5.82 Å². The van der Waals surface area contributed by atoms with Gasteiger partial charge in [-0.3, -0.25) is 9.59 Å². The molecule has 0 aliphatic carbocycles. The Morgan fingerprint density at radius 1 is 1.17 bits per heavy atom. The van der Waals surface area contributed by atoms with Crippen LogP contribution < -0.4 is 4.74 Å². The van der Waals surface area contributed by atoms with E-state index in [0.717, 1.165) is 12.8 Å². The quantitative estimate of drug-likeness (QED) is 0.463. The average Bonchev–Trinajstić information content (AvgIpc) is 3.36. The molecule has 0 bridgehead atoms. The summed E-state index contributed by atoms with van der Waals surface area (Å²) in [6, 6.07) is 11.3. The van der Waals surface area contributed by atoms with E-state index in [1.807, 2.05) is 0 Å². The van der Waals surface area contributed by atoms with E-state index in [2.05, 4.69) is 0 Å². The normalized spacial score (nSPS) is 23.2. The molecule has 2 fully saturated rings.